The zero-order chi connectivity index (χ0) is 36.1. The molecule has 0 saturated carbocycles. The molecule has 0 heteroatoms. The van der Waals surface area contributed by atoms with E-state index in [1.165, 1.54) is 114 Å². The van der Waals surface area contributed by atoms with Crippen LogP contribution in [0, 0.1) is 0 Å². The van der Waals surface area contributed by atoms with Crippen molar-refractivity contribution in [2.75, 3.05) is 0 Å². The molecule has 54 heavy (non-hydrogen) atoms. The summed E-state index contributed by atoms with van der Waals surface area (Å²) in [5.41, 5.74) is 8.95. The summed E-state index contributed by atoms with van der Waals surface area (Å²) in [6.07, 6.45) is 0. The van der Waals surface area contributed by atoms with Gasteiger partial charge in [0.05, 0.1) is 0 Å². The molecule has 0 bridgehead atoms. The second kappa shape index (κ2) is 11.5. The van der Waals surface area contributed by atoms with Gasteiger partial charge in [-0.25, -0.2) is 0 Å². The van der Waals surface area contributed by atoms with E-state index in [0.29, 0.717) is 0 Å². The summed E-state index contributed by atoms with van der Waals surface area (Å²) in [6.45, 7) is 7.06. The van der Waals surface area contributed by atoms with E-state index in [2.05, 4.69) is 197 Å². The number of hydrogen-bond acceptors (Lipinski definition) is 0. The number of fused-ring (bicyclic) bond motifs is 4. The quantitative estimate of drug-likeness (QED) is 0.128. The Labute approximate surface area is 315 Å². The lowest BCUT2D eigenvalue weighted by atomic mass is 9.77. The van der Waals surface area contributed by atoms with Gasteiger partial charge in [-0.1, -0.05) is 178 Å². The number of rotatable bonds is 3. The second-order valence-corrected chi connectivity index (χ2v) is 16.1. The van der Waals surface area contributed by atoms with Gasteiger partial charge in [-0.15, -0.1) is 0 Å². The van der Waals surface area contributed by atoms with Gasteiger partial charge >= 0.3 is 0 Å². The van der Waals surface area contributed by atoms with Gasteiger partial charge in [-0.05, 0) is 138 Å². The molecule has 0 spiro atoms. The topological polar surface area (TPSA) is 0 Å². The highest BCUT2D eigenvalue weighted by molar-refractivity contribution is 6.25. The van der Waals surface area contributed by atoms with Crippen LogP contribution in [0.25, 0.3) is 109 Å². The summed E-state index contributed by atoms with van der Waals surface area (Å²) < 4.78 is 0. The molecule has 0 radical (unpaired) electrons. The third-order valence-corrected chi connectivity index (χ3v) is 11.8. The van der Waals surface area contributed by atoms with Crippen molar-refractivity contribution in [3.8, 4) is 33.4 Å². The molecule has 0 aliphatic carbocycles. The normalized spacial score (nSPS) is 12.4. The molecule has 0 atom stereocenters. The minimum absolute atomic E-state index is 0.0569. The Morgan fingerprint density at radius 1 is 0.296 bits per heavy atom. The highest BCUT2D eigenvalue weighted by Crippen LogP contribution is 2.46. The zero-order valence-electron chi connectivity index (χ0n) is 30.7. The molecule has 0 aliphatic heterocycles. The highest BCUT2D eigenvalue weighted by Gasteiger charge is 2.24. The van der Waals surface area contributed by atoms with Gasteiger partial charge in [-0.3, -0.25) is 0 Å². The van der Waals surface area contributed by atoms with Crippen LogP contribution in [0.15, 0.2) is 176 Å². The monoisotopic (exact) mass is 686 g/mol. The third-order valence-electron chi connectivity index (χ3n) is 11.8. The molecule has 0 fully saturated rings. The maximum Gasteiger partial charge on any atom is -0.00204 e. The maximum absolute atomic E-state index is 2.46. The van der Waals surface area contributed by atoms with Gasteiger partial charge in [-0.2, -0.15) is 0 Å². The van der Waals surface area contributed by atoms with E-state index in [-0.39, 0.29) is 5.41 Å². The first-order valence-electron chi connectivity index (χ1n) is 19.1. The molecular formula is C54H38. The van der Waals surface area contributed by atoms with Crippen molar-refractivity contribution >= 4 is 75.4 Å². The molecule has 11 aromatic rings. The lowest BCUT2D eigenvalue weighted by Crippen LogP contribution is -2.13. The summed E-state index contributed by atoms with van der Waals surface area (Å²) in [4.78, 5) is 0. The number of hydrogen-bond donors (Lipinski definition) is 0. The van der Waals surface area contributed by atoms with E-state index in [1.54, 1.807) is 0 Å². The lowest BCUT2D eigenvalue weighted by molar-refractivity contribution is 0.601. The molecule has 0 aromatic heterocycles. The Morgan fingerprint density at radius 3 is 1.61 bits per heavy atom. The van der Waals surface area contributed by atoms with E-state index >= 15 is 0 Å². The van der Waals surface area contributed by atoms with E-state index < -0.39 is 0 Å². The minimum atomic E-state index is -0.0569. The van der Waals surface area contributed by atoms with Gasteiger partial charge < -0.3 is 0 Å². The average molecular weight is 687 g/mol. The highest BCUT2D eigenvalue weighted by atomic mass is 14.3. The first kappa shape index (κ1) is 31.1. The lowest BCUT2D eigenvalue weighted by Gasteiger charge is -2.27. The van der Waals surface area contributed by atoms with E-state index in [1.807, 2.05) is 0 Å². The van der Waals surface area contributed by atoms with E-state index in [0.717, 1.165) is 0 Å². The standard InChI is InChI=1S/C54H38/c1-54(2,3)53-48-16-7-6-15-45(48)52(44-17-9-11-33-10-4-5-14-42(33)44)47-29-26-40(32-49(47)53)38-20-21-39-31-41(23-22-37(39)30-38)43-27-24-36-19-18-34-12-8-13-35-25-28-46(43)51(36)50(34)35/h4-32H,1-3H3. The Hall–Kier alpha value is -6.50. The van der Waals surface area contributed by atoms with E-state index in [4.69, 9.17) is 0 Å². The van der Waals surface area contributed by atoms with Crippen molar-refractivity contribution in [2.24, 2.45) is 0 Å². The first-order valence-corrected chi connectivity index (χ1v) is 19.1. The maximum atomic E-state index is 2.46. The predicted octanol–water partition coefficient (Wildman–Crippen LogP) is 15.5. The van der Waals surface area contributed by atoms with Crippen molar-refractivity contribution in [3.05, 3.63) is 181 Å². The van der Waals surface area contributed by atoms with Crippen molar-refractivity contribution in [1.29, 1.82) is 0 Å². The van der Waals surface area contributed by atoms with Crippen LogP contribution in [0.3, 0.4) is 0 Å². The average Bonchev–Trinajstić information content (AvgIpc) is 3.20. The van der Waals surface area contributed by atoms with Crippen LogP contribution in [-0.4, -0.2) is 0 Å². The molecule has 254 valence electrons. The molecular weight excluding hydrogens is 649 g/mol. The Morgan fingerprint density at radius 2 is 0.815 bits per heavy atom. The molecule has 0 amide bonds. The molecule has 0 nitrogen and oxygen atoms in total. The van der Waals surface area contributed by atoms with Crippen molar-refractivity contribution in [2.45, 2.75) is 26.2 Å². The Kier molecular flexibility index (Phi) is 6.61. The molecule has 0 heterocycles. The van der Waals surface area contributed by atoms with E-state index in [9.17, 15) is 0 Å². The van der Waals surface area contributed by atoms with Crippen LogP contribution in [0.5, 0.6) is 0 Å². The smallest absolute Gasteiger partial charge is 0.00204 e. The van der Waals surface area contributed by atoms with Gasteiger partial charge in [0.15, 0.2) is 0 Å². The zero-order valence-corrected chi connectivity index (χ0v) is 30.7. The molecule has 11 aromatic carbocycles. The fourth-order valence-corrected chi connectivity index (χ4v) is 9.48. The molecule has 0 aliphatic rings. The van der Waals surface area contributed by atoms with Crippen LogP contribution >= 0.6 is 0 Å². The first-order chi connectivity index (χ1) is 26.4. The van der Waals surface area contributed by atoms with Gasteiger partial charge in [0.1, 0.15) is 0 Å². The molecule has 0 unspecified atom stereocenters. The van der Waals surface area contributed by atoms with Crippen LogP contribution in [0.1, 0.15) is 26.3 Å². The van der Waals surface area contributed by atoms with Crippen LogP contribution in [0.4, 0.5) is 0 Å². The van der Waals surface area contributed by atoms with Crippen LogP contribution in [-0.2, 0) is 5.41 Å². The van der Waals surface area contributed by atoms with Gasteiger partial charge in [0, 0.05) is 0 Å². The van der Waals surface area contributed by atoms with Crippen LogP contribution < -0.4 is 0 Å². The fourth-order valence-electron chi connectivity index (χ4n) is 9.48. The summed E-state index contributed by atoms with van der Waals surface area (Å²) in [6, 6.07) is 66.0. The summed E-state index contributed by atoms with van der Waals surface area (Å²) >= 11 is 0. The Bertz CT molecular complexity index is 3280. The largest absolute Gasteiger partial charge is 0.0616 e. The molecule has 11 rings (SSSR count). The van der Waals surface area contributed by atoms with Gasteiger partial charge in [0.25, 0.3) is 0 Å². The fraction of sp³-hybridized carbons (Fsp3) is 0.0741. The third kappa shape index (κ3) is 4.63. The minimum Gasteiger partial charge on any atom is -0.0616 e. The summed E-state index contributed by atoms with van der Waals surface area (Å²) in [5.74, 6) is 0. The van der Waals surface area contributed by atoms with Crippen LogP contribution in [0.2, 0.25) is 0 Å². The summed E-state index contributed by atoms with van der Waals surface area (Å²) in [7, 11) is 0. The molecule has 0 N–H and O–H groups in total. The van der Waals surface area contributed by atoms with Gasteiger partial charge in [0.2, 0.25) is 0 Å². The van der Waals surface area contributed by atoms with Crippen molar-refractivity contribution in [1.82, 2.24) is 0 Å². The van der Waals surface area contributed by atoms with Crippen molar-refractivity contribution in [3.63, 3.8) is 0 Å². The summed E-state index contributed by atoms with van der Waals surface area (Å²) in [5, 5.41) is 18.3. The predicted molar refractivity (Wildman–Crippen MR) is 235 cm³/mol. The second-order valence-electron chi connectivity index (χ2n) is 16.1. The Balaban J connectivity index is 1.08. The molecule has 0 saturated heterocycles. The SMILES string of the molecule is CC(C)(C)c1c2ccccc2c(-c2cccc3ccccc23)c2ccc(-c3ccc4cc(-c5ccc6ccc7cccc8ccc5c6c78)ccc4c3)cc12. The van der Waals surface area contributed by atoms with Crippen molar-refractivity contribution < 1.29 is 0 Å². The number of benzene rings is 11.